The normalized spacial score (nSPS) is 10.5. The Morgan fingerprint density at radius 3 is 2.63 bits per heavy atom. The first-order chi connectivity index (χ1) is 12.9. The number of ether oxygens (including phenoxy) is 1. The fraction of sp³-hybridized carbons (Fsp3) is 0.105. The van der Waals surface area contributed by atoms with E-state index in [1.54, 1.807) is 42.6 Å². The summed E-state index contributed by atoms with van der Waals surface area (Å²) in [5.41, 5.74) is 1.47. The minimum absolute atomic E-state index is 0.222. The van der Waals surface area contributed by atoms with Crippen LogP contribution in [0.2, 0.25) is 10.0 Å². The number of rotatable bonds is 5. The summed E-state index contributed by atoms with van der Waals surface area (Å²) in [6.45, 7) is 1.15. The summed E-state index contributed by atoms with van der Waals surface area (Å²) in [6.07, 6.45) is 1.62. The quantitative estimate of drug-likeness (QED) is 0.656. The zero-order valence-electron chi connectivity index (χ0n) is 14.3. The molecule has 2 aromatic carbocycles. The van der Waals surface area contributed by atoms with Crippen molar-refractivity contribution >= 4 is 57.3 Å². The minimum Gasteiger partial charge on any atom is -0.481 e. The molecule has 2 amide bonds. The fourth-order valence-electron chi connectivity index (χ4n) is 2.46. The number of nitrogens with zero attached hydrogens (tertiary/aromatic N) is 1. The molecule has 138 valence electrons. The van der Waals surface area contributed by atoms with Crippen molar-refractivity contribution in [1.29, 1.82) is 0 Å². The van der Waals surface area contributed by atoms with Gasteiger partial charge in [-0.15, -0.1) is 0 Å². The molecule has 6 nitrogen and oxygen atoms in total. The summed E-state index contributed by atoms with van der Waals surface area (Å²) in [5.74, 6) is -0.181. The van der Waals surface area contributed by atoms with Crippen LogP contribution in [0.15, 0.2) is 48.7 Å². The smallest absolute Gasteiger partial charge is 0.262 e. The average Bonchev–Trinajstić information content (AvgIpc) is 2.64. The summed E-state index contributed by atoms with van der Waals surface area (Å²) < 4.78 is 5.60. The zero-order chi connectivity index (χ0) is 19.4. The van der Waals surface area contributed by atoms with E-state index in [2.05, 4.69) is 15.6 Å². The molecule has 0 aliphatic heterocycles. The molecule has 2 N–H and O–H groups in total. The molecular formula is C19H15Cl2N3O3. The third kappa shape index (κ3) is 4.67. The van der Waals surface area contributed by atoms with E-state index < -0.39 is 5.91 Å². The Balaban J connectivity index is 1.71. The van der Waals surface area contributed by atoms with E-state index in [9.17, 15) is 9.59 Å². The molecule has 0 bridgehead atoms. The summed E-state index contributed by atoms with van der Waals surface area (Å²) in [6, 6.07) is 11.7. The largest absolute Gasteiger partial charge is 0.481 e. The van der Waals surface area contributed by atoms with Crippen LogP contribution < -0.4 is 15.4 Å². The van der Waals surface area contributed by atoms with Gasteiger partial charge in [0, 0.05) is 24.2 Å². The van der Waals surface area contributed by atoms with Crippen LogP contribution in [0.3, 0.4) is 0 Å². The van der Waals surface area contributed by atoms with Gasteiger partial charge in [-0.05, 0) is 42.5 Å². The van der Waals surface area contributed by atoms with Crippen LogP contribution in [0.5, 0.6) is 5.75 Å². The van der Waals surface area contributed by atoms with Gasteiger partial charge in [-0.2, -0.15) is 0 Å². The Bertz CT molecular complexity index is 1020. The number of fused-ring (bicyclic) bond motifs is 1. The van der Waals surface area contributed by atoms with Crippen LogP contribution in [0.1, 0.15) is 6.92 Å². The van der Waals surface area contributed by atoms with Crippen molar-refractivity contribution in [3.8, 4) is 5.75 Å². The molecule has 0 spiro atoms. The molecule has 3 aromatic rings. The van der Waals surface area contributed by atoms with Gasteiger partial charge >= 0.3 is 0 Å². The Morgan fingerprint density at radius 2 is 1.85 bits per heavy atom. The summed E-state index contributed by atoms with van der Waals surface area (Å²) in [5, 5.41) is 6.92. The standard InChI is InChI=1S/C19H15Cl2N3O3/c1-11(25)23-12-4-5-15(21)16(9-12)24-18(26)10-27-17-7-6-14(20)13-3-2-8-22-19(13)17/h2-9H,10H2,1H3,(H,23,25)(H,24,26). The third-order valence-electron chi connectivity index (χ3n) is 3.60. The van der Waals surface area contributed by atoms with Crippen molar-refractivity contribution in [2.24, 2.45) is 0 Å². The van der Waals surface area contributed by atoms with Gasteiger partial charge in [0.25, 0.3) is 5.91 Å². The van der Waals surface area contributed by atoms with Gasteiger partial charge in [-0.25, -0.2) is 0 Å². The van der Waals surface area contributed by atoms with Crippen LogP contribution >= 0.6 is 23.2 Å². The fourth-order valence-corrected chi connectivity index (χ4v) is 2.84. The SMILES string of the molecule is CC(=O)Nc1ccc(Cl)c(NC(=O)COc2ccc(Cl)c3cccnc23)c1. The molecule has 1 aromatic heterocycles. The predicted molar refractivity (Wildman–Crippen MR) is 107 cm³/mol. The monoisotopic (exact) mass is 403 g/mol. The lowest BCUT2D eigenvalue weighted by Gasteiger charge is -2.12. The Labute approximate surface area is 165 Å². The van der Waals surface area contributed by atoms with Crippen molar-refractivity contribution in [3.05, 3.63) is 58.7 Å². The second kappa shape index (κ2) is 8.24. The van der Waals surface area contributed by atoms with Crippen LogP contribution in [0, 0.1) is 0 Å². The van der Waals surface area contributed by atoms with Crippen molar-refractivity contribution in [1.82, 2.24) is 4.98 Å². The minimum atomic E-state index is -0.407. The Kier molecular flexibility index (Phi) is 5.78. The molecule has 0 radical (unpaired) electrons. The number of hydrogen-bond donors (Lipinski definition) is 2. The Hall–Kier alpha value is -2.83. The van der Waals surface area contributed by atoms with Gasteiger partial charge in [0.15, 0.2) is 6.61 Å². The highest BCUT2D eigenvalue weighted by Gasteiger charge is 2.11. The highest BCUT2D eigenvalue weighted by Crippen LogP contribution is 2.30. The highest BCUT2D eigenvalue weighted by atomic mass is 35.5. The number of aromatic nitrogens is 1. The molecule has 0 aliphatic carbocycles. The second-order valence-electron chi connectivity index (χ2n) is 5.66. The van der Waals surface area contributed by atoms with Crippen molar-refractivity contribution in [2.45, 2.75) is 6.92 Å². The molecule has 1 heterocycles. The lowest BCUT2D eigenvalue weighted by molar-refractivity contribution is -0.118. The number of carbonyl (C=O) groups is 2. The molecule has 0 unspecified atom stereocenters. The topological polar surface area (TPSA) is 80.3 Å². The maximum Gasteiger partial charge on any atom is 0.262 e. The number of hydrogen-bond acceptors (Lipinski definition) is 4. The number of halogens is 2. The van der Waals surface area contributed by atoms with E-state index in [1.807, 2.05) is 6.07 Å². The van der Waals surface area contributed by atoms with Crippen LogP contribution in [0.25, 0.3) is 10.9 Å². The lowest BCUT2D eigenvalue weighted by Crippen LogP contribution is -2.20. The second-order valence-corrected chi connectivity index (χ2v) is 6.47. The number of amides is 2. The van der Waals surface area contributed by atoms with Crippen molar-refractivity contribution < 1.29 is 14.3 Å². The molecule has 3 rings (SSSR count). The highest BCUT2D eigenvalue weighted by molar-refractivity contribution is 6.35. The molecule has 8 heteroatoms. The van der Waals surface area contributed by atoms with E-state index in [4.69, 9.17) is 27.9 Å². The van der Waals surface area contributed by atoms with Gasteiger partial charge in [-0.1, -0.05) is 23.2 Å². The van der Waals surface area contributed by atoms with Gasteiger partial charge < -0.3 is 15.4 Å². The molecule has 0 aliphatic rings. The maximum absolute atomic E-state index is 12.2. The van der Waals surface area contributed by atoms with Gasteiger partial charge in [0.1, 0.15) is 11.3 Å². The molecule has 27 heavy (non-hydrogen) atoms. The summed E-state index contributed by atoms with van der Waals surface area (Å²) >= 11 is 12.2. The van der Waals surface area contributed by atoms with E-state index in [0.717, 1.165) is 5.39 Å². The third-order valence-corrected chi connectivity index (χ3v) is 4.26. The number of benzene rings is 2. The lowest BCUT2D eigenvalue weighted by atomic mass is 10.2. The molecule has 0 saturated carbocycles. The van der Waals surface area contributed by atoms with E-state index >= 15 is 0 Å². The van der Waals surface area contributed by atoms with Crippen molar-refractivity contribution in [3.63, 3.8) is 0 Å². The average molecular weight is 404 g/mol. The van der Waals surface area contributed by atoms with E-state index in [1.165, 1.54) is 6.92 Å². The molecule has 0 saturated heterocycles. The molecular weight excluding hydrogens is 389 g/mol. The van der Waals surface area contributed by atoms with E-state index in [0.29, 0.717) is 32.7 Å². The van der Waals surface area contributed by atoms with E-state index in [-0.39, 0.29) is 12.5 Å². The molecule has 0 atom stereocenters. The van der Waals surface area contributed by atoms with Crippen LogP contribution in [-0.2, 0) is 9.59 Å². The molecule has 0 fully saturated rings. The van der Waals surface area contributed by atoms with Crippen molar-refractivity contribution in [2.75, 3.05) is 17.2 Å². The maximum atomic E-state index is 12.2. The van der Waals surface area contributed by atoms with Crippen LogP contribution in [-0.4, -0.2) is 23.4 Å². The first kappa shape index (κ1) is 18.9. The van der Waals surface area contributed by atoms with Gasteiger partial charge in [-0.3, -0.25) is 14.6 Å². The predicted octanol–water partition coefficient (Wildman–Crippen LogP) is 4.52. The summed E-state index contributed by atoms with van der Waals surface area (Å²) in [4.78, 5) is 27.7. The Morgan fingerprint density at radius 1 is 1.07 bits per heavy atom. The number of anilines is 2. The summed E-state index contributed by atoms with van der Waals surface area (Å²) in [7, 11) is 0. The first-order valence-electron chi connectivity index (χ1n) is 7.97. The first-order valence-corrected chi connectivity index (χ1v) is 8.72. The number of pyridine rings is 1. The van der Waals surface area contributed by atoms with Gasteiger partial charge in [0.05, 0.1) is 15.7 Å². The van der Waals surface area contributed by atoms with Gasteiger partial charge in [0.2, 0.25) is 5.91 Å². The number of nitrogens with one attached hydrogen (secondary N) is 2. The zero-order valence-corrected chi connectivity index (χ0v) is 15.8. The number of carbonyl (C=O) groups excluding carboxylic acids is 2. The van der Waals surface area contributed by atoms with Crippen LogP contribution in [0.4, 0.5) is 11.4 Å².